The minimum atomic E-state index is -4.47. The van der Waals surface area contributed by atoms with Crippen LogP contribution in [0.3, 0.4) is 0 Å². The zero-order valence-electron chi connectivity index (χ0n) is 20.3. The van der Waals surface area contributed by atoms with Gasteiger partial charge in [-0.15, -0.1) is 0 Å². The second-order valence-corrected chi connectivity index (χ2v) is 9.28. The zero-order chi connectivity index (χ0) is 25.5. The minimum absolute atomic E-state index is 0.0553. The first-order chi connectivity index (χ1) is 16.5. The number of benzene rings is 1. The molecule has 2 aliphatic rings. The number of aromatic nitrogens is 1. The number of hydrogen-bond donors (Lipinski definition) is 0. The summed E-state index contributed by atoms with van der Waals surface area (Å²) in [5, 5.41) is 0. The molecular formula is C25H30F3N3O4. The lowest BCUT2D eigenvalue weighted by atomic mass is 9.80. The highest BCUT2D eigenvalue weighted by molar-refractivity contribution is 5.95. The van der Waals surface area contributed by atoms with Crippen LogP contribution in [-0.4, -0.2) is 59.0 Å². The van der Waals surface area contributed by atoms with E-state index in [9.17, 15) is 22.8 Å². The van der Waals surface area contributed by atoms with Gasteiger partial charge in [-0.2, -0.15) is 13.2 Å². The van der Waals surface area contributed by atoms with Crippen molar-refractivity contribution in [3.63, 3.8) is 0 Å². The van der Waals surface area contributed by atoms with Gasteiger partial charge in [-0.1, -0.05) is 0 Å². The van der Waals surface area contributed by atoms with Gasteiger partial charge in [0.1, 0.15) is 5.69 Å². The molecule has 0 saturated carbocycles. The maximum absolute atomic E-state index is 13.6. The van der Waals surface area contributed by atoms with Gasteiger partial charge < -0.3 is 23.8 Å². The molecule has 0 N–H and O–H groups in total. The lowest BCUT2D eigenvalue weighted by Crippen LogP contribution is -2.59. The molecule has 190 valence electrons. The third-order valence-electron chi connectivity index (χ3n) is 6.84. The Morgan fingerprint density at radius 3 is 2.26 bits per heavy atom. The number of rotatable bonds is 4. The van der Waals surface area contributed by atoms with Crippen LogP contribution in [0.25, 0.3) is 0 Å². The van der Waals surface area contributed by atoms with E-state index in [1.807, 2.05) is 13.8 Å². The van der Waals surface area contributed by atoms with Crippen LogP contribution in [0.4, 0.5) is 13.2 Å². The fourth-order valence-corrected chi connectivity index (χ4v) is 5.31. The molecule has 0 atom stereocenters. The largest absolute Gasteiger partial charge is 0.493 e. The van der Waals surface area contributed by atoms with Gasteiger partial charge in [0.2, 0.25) is 5.91 Å². The first-order valence-electron chi connectivity index (χ1n) is 11.7. The molecule has 7 nitrogen and oxygen atoms in total. The molecule has 2 amide bonds. The summed E-state index contributed by atoms with van der Waals surface area (Å²) in [6.07, 6.45) is -3.82. The number of hydrogen-bond acceptors (Lipinski definition) is 4. The summed E-state index contributed by atoms with van der Waals surface area (Å²) in [5.41, 5.74) is -0.667. The molecule has 35 heavy (non-hydrogen) atoms. The van der Waals surface area contributed by atoms with Gasteiger partial charge in [-0.3, -0.25) is 9.59 Å². The van der Waals surface area contributed by atoms with Crippen molar-refractivity contribution in [1.82, 2.24) is 14.4 Å². The van der Waals surface area contributed by atoms with Gasteiger partial charge in [0.25, 0.3) is 5.91 Å². The normalized spacial score (nSPS) is 17.5. The average molecular weight is 494 g/mol. The predicted molar refractivity (Wildman–Crippen MR) is 122 cm³/mol. The highest BCUT2D eigenvalue weighted by Crippen LogP contribution is 2.45. The molecule has 4 rings (SSSR count). The minimum Gasteiger partial charge on any atom is -0.493 e. The van der Waals surface area contributed by atoms with Crippen molar-refractivity contribution in [2.24, 2.45) is 0 Å². The number of fused-ring (bicyclic) bond motifs is 2. The van der Waals surface area contributed by atoms with Gasteiger partial charge >= 0.3 is 6.18 Å². The van der Waals surface area contributed by atoms with Crippen LogP contribution < -0.4 is 9.47 Å². The molecular weight excluding hydrogens is 463 g/mol. The number of piperidine rings is 1. The van der Waals surface area contributed by atoms with Crippen molar-refractivity contribution < 1.29 is 32.2 Å². The first-order valence-corrected chi connectivity index (χ1v) is 11.7. The molecule has 0 unspecified atom stereocenters. The summed E-state index contributed by atoms with van der Waals surface area (Å²) >= 11 is 0. The van der Waals surface area contributed by atoms with Crippen LogP contribution in [0.5, 0.6) is 11.5 Å². The van der Waals surface area contributed by atoms with Crippen LogP contribution in [0.1, 0.15) is 55.4 Å². The molecule has 2 aromatic rings. The molecule has 10 heteroatoms. The Morgan fingerprint density at radius 1 is 1.00 bits per heavy atom. The van der Waals surface area contributed by atoms with E-state index in [1.54, 1.807) is 28.0 Å². The summed E-state index contributed by atoms with van der Waals surface area (Å²) < 4.78 is 53.1. The maximum atomic E-state index is 13.6. The van der Waals surface area contributed by atoms with E-state index in [4.69, 9.17) is 9.47 Å². The number of likely N-dealkylation sites (tertiary alicyclic amines) is 1. The predicted octanol–water partition coefficient (Wildman–Crippen LogP) is 4.30. The Labute approximate surface area is 202 Å². The molecule has 1 fully saturated rings. The summed E-state index contributed by atoms with van der Waals surface area (Å²) in [6.45, 7) is 6.13. The van der Waals surface area contributed by atoms with E-state index in [-0.39, 0.29) is 31.0 Å². The molecule has 1 aromatic heterocycles. The highest BCUT2D eigenvalue weighted by atomic mass is 19.4. The average Bonchev–Trinajstić information content (AvgIpc) is 3.25. The van der Waals surface area contributed by atoms with Crippen molar-refractivity contribution in [3.05, 3.63) is 47.3 Å². The molecule has 0 radical (unpaired) electrons. The molecule has 3 heterocycles. The Morgan fingerprint density at radius 2 is 1.69 bits per heavy atom. The van der Waals surface area contributed by atoms with E-state index in [1.165, 1.54) is 24.7 Å². The third-order valence-corrected chi connectivity index (χ3v) is 6.84. The number of amides is 2. The van der Waals surface area contributed by atoms with Crippen molar-refractivity contribution in [3.8, 4) is 11.5 Å². The molecule has 0 bridgehead atoms. The van der Waals surface area contributed by atoms with Gasteiger partial charge in [0.05, 0.1) is 18.8 Å². The summed E-state index contributed by atoms with van der Waals surface area (Å²) in [6, 6.07) is 7.57. The van der Waals surface area contributed by atoms with Gasteiger partial charge in [-0.25, -0.2) is 0 Å². The number of carbonyl (C=O) groups excluding carboxylic acids is 2. The van der Waals surface area contributed by atoms with E-state index in [2.05, 4.69) is 0 Å². The first kappa shape index (κ1) is 24.9. The fourth-order valence-electron chi connectivity index (χ4n) is 5.31. The second kappa shape index (κ2) is 9.13. The number of carbonyl (C=O) groups is 2. The second-order valence-electron chi connectivity index (χ2n) is 9.28. The number of alkyl halides is 3. The van der Waals surface area contributed by atoms with Crippen molar-refractivity contribution in [2.45, 2.75) is 58.0 Å². The molecule has 1 aromatic carbocycles. The van der Waals surface area contributed by atoms with Crippen LogP contribution in [0.15, 0.2) is 30.3 Å². The van der Waals surface area contributed by atoms with E-state index >= 15 is 0 Å². The van der Waals surface area contributed by atoms with Gasteiger partial charge in [-0.05, 0) is 57.0 Å². The molecule has 1 saturated heterocycles. The Hall–Kier alpha value is -3.17. The van der Waals surface area contributed by atoms with E-state index < -0.39 is 17.4 Å². The van der Waals surface area contributed by atoms with Gasteiger partial charge in [0.15, 0.2) is 11.5 Å². The number of ether oxygens (including phenoxy) is 2. The summed E-state index contributed by atoms with van der Waals surface area (Å²) in [5.74, 6) is 0.602. The van der Waals surface area contributed by atoms with Crippen LogP contribution in [-0.2, 0) is 23.1 Å². The smallest absolute Gasteiger partial charge is 0.431 e. The quantitative estimate of drug-likeness (QED) is 0.637. The third kappa shape index (κ3) is 4.46. The topological polar surface area (TPSA) is 64.0 Å². The standard InChI is InChI=1S/C25H30F3N3O4/c1-16(2)35-19-6-5-18(15-20(19)34-4)23(33)29-11-9-24(10-12-29)21-7-8-22(25(26,27)28)30(21)13-14-31(24)17(3)32/h5-8,15-16H,9-14H2,1-4H3. The van der Waals surface area contributed by atoms with Crippen molar-refractivity contribution in [2.75, 3.05) is 26.7 Å². The van der Waals surface area contributed by atoms with Crippen LogP contribution >= 0.6 is 0 Å². The number of halogens is 3. The maximum Gasteiger partial charge on any atom is 0.431 e. The lowest BCUT2D eigenvalue weighted by molar-refractivity contribution is -0.147. The van der Waals surface area contributed by atoms with E-state index in [0.29, 0.717) is 48.7 Å². The Bertz CT molecular complexity index is 1120. The van der Waals surface area contributed by atoms with Gasteiger partial charge in [0, 0.05) is 44.4 Å². The van der Waals surface area contributed by atoms with Crippen LogP contribution in [0.2, 0.25) is 0 Å². The summed E-state index contributed by atoms with van der Waals surface area (Å²) in [4.78, 5) is 29.1. The Balaban J connectivity index is 1.59. The zero-order valence-corrected chi connectivity index (χ0v) is 20.3. The number of nitrogens with zero attached hydrogens (tertiary/aromatic N) is 3. The monoisotopic (exact) mass is 493 g/mol. The SMILES string of the molecule is COc1cc(C(=O)N2CCC3(CC2)c2ccc(C(F)(F)F)n2CCN3C(C)=O)ccc1OC(C)C. The molecule has 1 spiro atoms. The fraction of sp³-hybridized carbons (Fsp3) is 0.520. The van der Waals surface area contributed by atoms with Crippen molar-refractivity contribution in [1.29, 1.82) is 0 Å². The van der Waals surface area contributed by atoms with E-state index in [0.717, 1.165) is 6.07 Å². The molecule has 0 aliphatic carbocycles. The number of methoxy groups -OCH3 is 1. The lowest BCUT2D eigenvalue weighted by Gasteiger charge is -2.51. The highest BCUT2D eigenvalue weighted by Gasteiger charge is 2.49. The molecule has 2 aliphatic heterocycles. The summed E-state index contributed by atoms with van der Waals surface area (Å²) in [7, 11) is 1.51. The Kier molecular flexibility index (Phi) is 6.50. The van der Waals surface area contributed by atoms with Crippen molar-refractivity contribution >= 4 is 11.8 Å². The van der Waals surface area contributed by atoms with Crippen LogP contribution in [0, 0.1) is 0 Å².